The third-order valence-corrected chi connectivity index (χ3v) is 5.63. The Morgan fingerprint density at radius 3 is 2.72 bits per heavy atom. The maximum absolute atomic E-state index is 12.4. The van der Waals surface area contributed by atoms with Gasteiger partial charge in [0.1, 0.15) is 5.25 Å². The van der Waals surface area contributed by atoms with E-state index < -0.39 is 6.10 Å². The number of aromatic nitrogens is 2. The molecule has 2 aromatic rings. The van der Waals surface area contributed by atoms with Crippen molar-refractivity contribution in [3.63, 3.8) is 0 Å². The number of benzene rings is 1. The predicted molar refractivity (Wildman–Crippen MR) is 96.7 cm³/mol. The Morgan fingerprint density at radius 1 is 1.36 bits per heavy atom. The van der Waals surface area contributed by atoms with E-state index in [1.807, 2.05) is 45.2 Å². The van der Waals surface area contributed by atoms with Crippen LogP contribution < -0.4 is 5.32 Å². The topological polar surface area (TPSA) is 73.2 Å². The van der Waals surface area contributed by atoms with Gasteiger partial charge in [0.25, 0.3) is 5.91 Å². The van der Waals surface area contributed by atoms with E-state index in [1.165, 1.54) is 11.8 Å². The highest BCUT2D eigenvalue weighted by Gasteiger charge is 2.31. The molecule has 7 heteroatoms. The highest BCUT2D eigenvalue weighted by molar-refractivity contribution is 8.01. The summed E-state index contributed by atoms with van der Waals surface area (Å²) in [6, 6.07) is 7.92. The quantitative estimate of drug-likeness (QED) is 0.850. The number of rotatable bonds is 4. The molecular weight excluding hydrogens is 338 g/mol. The van der Waals surface area contributed by atoms with E-state index in [0.29, 0.717) is 12.1 Å². The molecule has 6 nitrogen and oxygen atoms in total. The lowest BCUT2D eigenvalue weighted by Crippen LogP contribution is -2.33. The second kappa shape index (κ2) is 6.92. The molecule has 0 radical (unpaired) electrons. The average Bonchev–Trinajstić information content (AvgIpc) is 3.11. The van der Waals surface area contributed by atoms with Crippen LogP contribution in [0.5, 0.6) is 0 Å². The van der Waals surface area contributed by atoms with Gasteiger partial charge in [0.15, 0.2) is 6.10 Å². The molecule has 2 atom stereocenters. The standard InChI is InChI=1S/C18H21N3O3S/c1-10-16(11(2)21(4)20-10)19-17(22)12(3)24-18(23)15-9-13-7-5-6-8-14(13)25-15/h5-8,12,15H,9H2,1-4H3,(H,19,22). The maximum Gasteiger partial charge on any atom is 0.320 e. The summed E-state index contributed by atoms with van der Waals surface area (Å²) in [5, 5.41) is 6.77. The van der Waals surface area contributed by atoms with Gasteiger partial charge in [-0.15, -0.1) is 11.8 Å². The number of hydrogen-bond acceptors (Lipinski definition) is 5. The molecule has 25 heavy (non-hydrogen) atoms. The highest BCUT2D eigenvalue weighted by Crippen LogP contribution is 2.37. The van der Waals surface area contributed by atoms with Crippen LogP contribution in [-0.2, 0) is 27.8 Å². The van der Waals surface area contributed by atoms with Crippen molar-refractivity contribution < 1.29 is 14.3 Å². The van der Waals surface area contributed by atoms with Crippen molar-refractivity contribution in [1.29, 1.82) is 0 Å². The minimum absolute atomic E-state index is 0.297. The first-order valence-electron chi connectivity index (χ1n) is 8.13. The molecule has 132 valence electrons. The summed E-state index contributed by atoms with van der Waals surface area (Å²) in [5.41, 5.74) is 3.39. The molecule has 0 spiro atoms. The first-order valence-corrected chi connectivity index (χ1v) is 9.01. The Bertz CT molecular complexity index is 806. The van der Waals surface area contributed by atoms with Gasteiger partial charge in [-0.25, -0.2) is 0 Å². The number of hydrogen-bond donors (Lipinski definition) is 1. The van der Waals surface area contributed by atoms with E-state index >= 15 is 0 Å². The van der Waals surface area contributed by atoms with Crippen LogP contribution in [0.25, 0.3) is 0 Å². The van der Waals surface area contributed by atoms with E-state index in [0.717, 1.165) is 21.8 Å². The van der Waals surface area contributed by atoms with Gasteiger partial charge in [0.05, 0.1) is 17.1 Å². The summed E-state index contributed by atoms with van der Waals surface area (Å²) in [6.07, 6.45) is -0.231. The lowest BCUT2D eigenvalue weighted by atomic mass is 10.1. The number of esters is 1. The number of fused-ring (bicyclic) bond motifs is 1. The number of carbonyl (C=O) groups is 2. The predicted octanol–water partition coefficient (Wildman–Crippen LogP) is 2.62. The minimum atomic E-state index is -0.865. The summed E-state index contributed by atoms with van der Waals surface area (Å²) in [4.78, 5) is 25.8. The molecule has 1 amide bonds. The number of nitrogens with zero attached hydrogens (tertiary/aromatic N) is 2. The van der Waals surface area contributed by atoms with Gasteiger partial charge in [0.2, 0.25) is 0 Å². The number of anilines is 1. The SMILES string of the molecule is Cc1nn(C)c(C)c1NC(=O)C(C)OC(=O)C1Cc2ccccc2S1. The zero-order chi connectivity index (χ0) is 18.1. The molecular formula is C18H21N3O3S. The number of nitrogens with one attached hydrogen (secondary N) is 1. The van der Waals surface area contributed by atoms with Crippen LogP contribution in [0.4, 0.5) is 5.69 Å². The number of ether oxygens (including phenoxy) is 1. The Kier molecular flexibility index (Phi) is 4.85. The molecule has 2 heterocycles. The Labute approximate surface area is 150 Å². The molecule has 0 bridgehead atoms. The molecule has 1 aliphatic rings. The van der Waals surface area contributed by atoms with Crippen LogP contribution in [0.1, 0.15) is 23.9 Å². The second-order valence-corrected chi connectivity index (χ2v) is 7.40. The smallest absolute Gasteiger partial charge is 0.320 e. The molecule has 0 fully saturated rings. The van der Waals surface area contributed by atoms with Gasteiger partial charge in [-0.1, -0.05) is 18.2 Å². The second-order valence-electron chi connectivity index (χ2n) is 6.16. The highest BCUT2D eigenvalue weighted by atomic mass is 32.2. The van der Waals surface area contributed by atoms with Crippen LogP contribution in [0.2, 0.25) is 0 Å². The lowest BCUT2D eigenvalue weighted by Gasteiger charge is -2.16. The van der Waals surface area contributed by atoms with Crippen LogP contribution >= 0.6 is 11.8 Å². The van der Waals surface area contributed by atoms with Crippen molar-refractivity contribution in [2.75, 3.05) is 5.32 Å². The van der Waals surface area contributed by atoms with Crippen molar-refractivity contribution in [2.24, 2.45) is 7.05 Å². The molecule has 1 aromatic heterocycles. The van der Waals surface area contributed by atoms with Crippen LogP contribution in [-0.4, -0.2) is 33.0 Å². The van der Waals surface area contributed by atoms with Crippen LogP contribution in [0.15, 0.2) is 29.2 Å². The van der Waals surface area contributed by atoms with Crippen LogP contribution in [0.3, 0.4) is 0 Å². The number of aryl methyl sites for hydroxylation is 2. The van der Waals surface area contributed by atoms with Gasteiger partial charge in [-0.05, 0) is 38.8 Å². The lowest BCUT2D eigenvalue weighted by molar-refractivity contribution is -0.152. The first kappa shape index (κ1) is 17.5. The van der Waals surface area contributed by atoms with Gasteiger partial charge in [-0.3, -0.25) is 14.3 Å². The van der Waals surface area contributed by atoms with Gasteiger partial charge < -0.3 is 10.1 Å². The molecule has 0 saturated heterocycles. The van der Waals surface area contributed by atoms with E-state index in [9.17, 15) is 9.59 Å². The Hall–Kier alpha value is -2.28. The number of amides is 1. The van der Waals surface area contributed by atoms with Crippen molar-refractivity contribution >= 4 is 29.3 Å². The summed E-state index contributed by atoms with van der Waals surface area (Å²) in [5.74, 6) is -0.712. The van der Waals surface area contributed by atoms with E-state index in [2.05, 4.69) is 10.4 Å². The van der Waals surface area contributed by atoms with E-state index in [-0.39, 0.29) is 17.1 Å². The summed E-state index contributed by atoms with van der Waals surface area (Å²) < 4.78 is 7.09. The normalized spacial score (nSPS) is 17.0. The molecule has 0 saturated carbocycles. The monoisotopic (exact) mass is 359 g/mol. The van der Waals surface area contributed by atoms with Crippen molar-refractivity contribution in [2.45, 2.75) is 43.4 Å². The maximum atomic E-state index is 12.4. The zero-order valence-electron chi connectivity index (χ0n) is 14.7. The Balaban J connectivity index is 1.59. The van der Waals surface area contributed by atoms with Crippen molar-refractivity contribution in [1.82, 2.24) is 9.78 Å². The van der Waals surface area contributed by atoms with E-state index in [4.69, 9.17) is 4.74 Å². The molecule has 0 aliphatic carbocycles. The minimum Gasteiger partial charge on any atom is -0.452 e. The molecule has 1 aliphatic heterocycles. The van der Waals surface area contributed by atoms with Gasteiger partial charge in [0, 0.05) is 11.9 Å². The third-order valence-electron chi connectivity index (χ3n) is 4.33. The molecule has 1 N–H and O–H groups in total. The molecule has 3 rings (SSSR count). The fourth-order valence-corrected chi connectivity index (χ4v) is 3.98. The first-order chi connectivity index (χ1) is 11.9. The summed E-state index contributed by atoms with van der Waals surface area (Å²) >= 11 is 1.49. The number of carbonyl (C=O) groups excluding carboxylic acids is 2. The zero-order valence-corrected chi connectivity index (χ0v) is 15.5. The number of thioether (sulfide) groups is 1. The average molecular weight is 359 g/mol. The summed E-state index contributed by atoms with van der Waals surface area (Å²) in [6.45, 7) is 5.28. The summed E-state index contributed by atoms with van der Waals surface area (Å²) in [7, 11) is 1.82. The van der Waals surface area contributed by atoms with Gasteiger partial charge in [-0.2, -0.15) is 5.10 Å². The van der Waals surface area contributed by atoms with Crippen molar-refractivity contribution in [3.8, 4) is 0 Å². The van der Waals surface area contributed by atoms with E-state index in [1.54, 1.807) is 11.6 Å². The molecule has 1 aromatic carbocycles. The van der Waals surface area contributed by atoms with Crippen molar-refractivity contribution in [3.05, 3.63) is 41.2 Å². The molecule has 2 unspecified atom stereocenters. The fraction of sp³-hybridized carbons (Fsp3) is 0.389. The fourth-order valence-electron chi connectivity index (χ4n) is 2.80. The Morgan fingerprint density at radius 2 is 2.08 bits per heavy atom. The van der Waals surface area contributed by atoms with Gasteiger partial charge >= 0.3 is 5.97 Å². The largest absolute Gasteiger partial charge is 0.452 e. The van der Waals surface area contributed by atoms with Crippen LogP contribution in [0, 0.1) is 13.8 Å². The third kappa shape index (κ3) is 3.56.